The first-order valence-corrected chi connectivity index (χ1v) is 33.0. The Bertz CT molecular complexity index is 1080. The molecule has 0 amide bonds. The van der Waals surface area contributed by atoms with E-state index in [1.807, 2.05) is 0 Å². The standard InChI is InChI=1S/C66H128O6/c1-4-7-10-13-16-19-22-25-28-30-32-34-35-38-41-44-47-50-53-56-59-65(68)71-62-63(61-70-64(67)58-55-52-49-46-43-40-37-27-24-21-18-15-12-9-6-3)72-66(69)60-57-54-51-48-45-42-39-36-33-31-29-26-23-20-17-14-11-8-5-2/h63H,4-62H2,1-3H3. The van der Waals surface area contributed by atoms with Crippen molar-refractivity contribution in [2.24, 2.45) is 0 Å². The van der Waals surface area contributed by atoms with Gasteiger partial charge in [-0.25, -0.2) is 0 Å². The van der Waals surface area contributed by atoms with Crippen molar-refractivity contribution in [3.63, 3.8) is 0 Å². The van der Waals surface area contributed by atoms with Crippen LogP contribution in [0.3, 0.4) is 0 Å². The Labute approximate surface area is 450 Å². The molecule has 0 saturated heterocycles. The molecule has 0 saturated carbocycles. The minimum absolute atomic E-state index is 0.0603. The SMILES string of the molecule is CCCCCCCCCCCCCCCCCCCCCCC(=O)OCC(COC(=O)CCCCCCCCCCCCCCCCC)OC(=O)CCCCCCCCCCCCCCCCCCCCC. The van der Waals surface area contributed by atoms with Gasteiger partial charge in [0.25, 0.3) is 0 Å². The summed E-state index contributed by atoms with van der Waals surface area (Å²) in [5.74, 6) is -0.822. The molecule has 0 aromatic carbocycles. The highest BCUT2D eigenvalue weighted by Crippen LogP contribution is 2.19. The maximum Gasteiger partial charge on any atom is 0.306 e. The number of carbonyl (C=O) groups is 3. The van der Waals surface area contributed by atoms with Crippen molar-refractivity contribution < 1.29 is 28.6 Å². The van der Waals surface area contributed by atoms with Crippen LogP contribution < -0.4 is 0 Å². The summed E-state index contributed by atoms with van der Waals surface area (Å²) < 4.78 is 17.0. The summed E-state index contributed by atoms with van der Waals surface area (Å²) in [6.45, 7) is 6.74. The molecule has 0 aromatic rings. The van der Waals surface area contributed by atoms with Gasteiger partial charge in [0, 0.05) is 19.3 Å². The molecule has 6 heteroatoms. The van der Waals surface area contributed by atoms with Gasteiger partial charge in [0.2, 0.25) is 0 Å². The molecule has 0 radical (unpaired) electrons. The van der Waals surface area contributed by atoms with Crippen LogP contribution in [-0.4, -0.2) is 37.2 Å². The van der Waals surface area contributed by atoms with Gasteiger partial charge >= 0.3 is 17.9 Å². The molecule has 1 unspecified atom stereocenters. The summed E-state index contributed by atoms with van der Waals surface area (Å²) in [6, 6.07) is 0. The Morgan fingerprint density at radius 3 is 0.556 bits per heavy atom. The summed E-state index contributed by atoms with van der Waals surface area (Å²) in [7, 11) is 0. The van der Waals surface area contributed by atoms with Crippen molar-refractivity contribution in [1.82, 2.24) is 0 Å². The molecule has 0 heterocycles. The van der Waals surface area contributed by atoms with E-state index >= 15 is 0 Å². The quantitative estimate of drug-likeness (QED) is 0.0343. The summed E-state index contributed by atoms with van der Waals surface area (Å²) in [5, 5.41) is 0. The Balaban J connectivity index is 4.26. The third kappa shape index (κ3) is 59.3. The number of ether oxygens (including phenoxy) is 3. The number of rotatable bonds is 62. The minimum Gasteiger partial charge on any atom is -0.462 e. The van der Waals surface area contributed by atoms with Crippen LogP contribution in [0.25, 0.3) is 0 Å². The van der Waals surface area contributed by atoms with E-state index in [0.717, 1.165) is 57.8 Å². The van der Waals surface area contributed by atoms with E-state index in [0.29, 0.717) is 19.3 Å². The monoisotopic (exact) mass is 1020 g/mol. The molecular formula is C66H128O6. The Morgan fingerprint density at radius 1 is 0.222 bits per heavy atom. The van der Waals surface area contributed by atoms with Crippen LogP contribution in [0.4, 0.5) is 0 Å². The lowest BCUT2D eigenvalue weighted by Gasteiger charge is -2.18. The lowest BCUT2D eigenvalue weighted by molar-refractivity contribution is -0.167. The third-order valence-electron chi connectivity index (χ3n) is 15.4. The number of hydrogen-bond donors (Lipinski definition) is 0. The number of hydrogen-bond acceptors (Lipinski definition) is 6. The van der Waals surface area contributed by atoms with Crippen LogP contribution in [0.5, 0.6) is 0 Å². The fourth-order valence-electron chi connectivity index (χ4n) is 10.4. The maximum absolute atomic E-state index is 12.9. The van der Waals surface area contributed by atoms with Gasteiger partial charge < -0.3 is 14.2 Å². The molecule has 0 aliphatic heterocycles. The molecule has 0 aliphatic rings. The molecule has 1 atom stereocenters. The first kappa shape index (κ1) is 70.4. The second kappa shape index (κ2) is 62.0. The first-order chi connectivity index (χ1) is 35.5. The predicted octanol–water partition coefficient (Wildman–Crippen LogP) is 22.3. The van der Waals surface area contributed by atoms with E-state index in [4.69, 9.17) is 14.2 Å². The maximum atomic E-state index is 12.9. The molecule has 0 spiro atoms. The molecule has 428 valence electrons. The fraction of sp³-hybridized carbons (Fsp3) is 0.955. The van der Waals surface area contributed by atoms with Crippen LogP contribution >= 0.6 is 0 Å². The van der Waals surface area contributed by atoms with E-state index in [9.17, 15) is 14.4 Å². The van der Waals surface area contributed by atoms with Gasteiger partial charge in [0.05, 0.1) is 0 Å². The predicted molar refractivity (Wildman–Crippen MR) is 312 cm³/mol. The normalized spacial score (nSPS) is 11.9. The van der Waals surface area contributed by atoms with Crippen LogP contribution in [0, 0.1) is 0 Å². The summed E-state index contributed by atoms with van der Waals surface area (Å²) in [4.78, 5) is 38.3. The van der Waals surface area contributed by atoms with Gasteiger partial charge in [0.1, 0.15) is 13.2 Å². The Kier molecular flexibility index (Phi) is 60.6. The largest absolute Gasteiger partial charge is 0.462 e. The van der Waals surface area contributed by atoms with E-state index in [2.05, 4.69) is 20.8 Å². The van der Waals surface area contributed by atoms with Crippen molar-refractivity contribution >= 4 is 17.9 Å². The Morgan fingerprint density at radius 2 is 0.375 bits per heavy atom. The molecular weight excluding hydrogens is 889 g/mol. The van der Waals surface area contributed by atoms with E-state index in [-0.39, 0.29) is 31.1 Å². The van der Waals surface area contributed by atoms with Gasteiger partial charge in [-0.05, 0) is 19.3 Å². The van der Waals surface area contributed by atoms with E-state index in [1.165, 1.54) is 289 Å². The van der Waals surface area contributed by atoms with Crippen LogP contribution in [0.15, 0.2) is 0 Å². The van der Waals surface area contributed by atoms with Gasteiger partial charge in [-0.3, -0.25) is 14.4 Å². The molecule has 6 nitrogen and oxygen atoms in total. The fourth-order valence-corrected chi connectivity index (χ4v) is 10.4. The smallest absolute Gasteiger partial charge is 0.306 e. The zero-order chi connectivity index (χ0) is 52.2. The van der Waals surface area contributed by atoms with Gasteiger partial charge in [-0.15, -0.1) is 0 Å². The summed E-state index contributed by atoms with van der Waals surface area (Å²) in [6.07, 6.45) is 71.1. The highest BCUT2D eigenvalue weighted by molar-refractivity contribution is 5.71. The van der Waals surface area contributed by atoms with E-state index in [1.54, 1.807) is 0 Å². The molecule has 0 rings (SSSR count). The average molecular weight is 1020 g/mol. The van der Waals surface area contributed by atoms with Gasteiger partial charge in [-0.1, -0.05) is 348 Å². The number of esters is 3. The molecule has 0 aromatic heterocycles. The molecule has 0 fully saturated rings. The van der Waals surface area contributed by atoms with Crippen LogP contribution in [0.1, 0.15) is 387 Å². The summed E-state index contributed by atoms with van der Waals surface area (Å²) >= 11 is 0. The van der Waals surface area contributed by atoms with Crippen molar-refractivity contribution in [1.29, 1.82) is 0 Å². The second-order valence-electron chi connectivity index (χ2n) is 22.8. The highest BCUT2D eigenvalue weighted by Gasteiger charge is 2.19. The van der Waals surface area contributed by atoms with Crippen molar-refractivity contribution in [3.05, 3.63) is 0 Å². The molecule has 0 bridgehead atoms. The highest BCUT2D eigenvalue weighted by atomic mass is 16.6. The average Bonchev–Trinajstić information content (AvgIpc) is 3.38. The van der Waals surface area contributed by atoms with Gasteiger partial charge in [0.15, 0.2) is 6.10 Å². The topological polar surface area (TPSA) is 78.9 Å². The lowest BCUT2D eigenvalue weighted by Crippen LogP contribution is -2.30. The molecule has 0 aliphatic carbocycles. The number of carbonyl (C=O) groups excluding carboxylic acids is 3. The zero-order valence-electron chi connectivity index (χ0n) is 49.2. The first-order valence-electron chi connectivity index (χ1n) is 33.0. The molecule has 72 heavy (non-hydrogen) atoms. The second-order valence-corrected chi connectivity index (χ2v) is 22.8. The number of unbranched alkanes of at least 4 members (excludes halogenated alkanes) is 51. The van der Waals surface area contributed by atoms with Crippen molar-refractivity contribution in [2.75, 3.05) is 13.2 Å². The Hall–Kier alpha value is -1.59. The third-order valence-corrected chi connectivity index (χ3v) is 15.4. The van der Waals surface area contributed by atoms with Crippen molar-refractivity contribution in [3.8, 4) is 0 Å². The minimum atomic E-state index is -0.762. The summed E-state index contributed by atoms with van der Waals surface area (Å²) in [5.41, 5.74) is 0. The molecule has 0 N–H and O–H groups in total. The zero-order valence-corrected chi connectivity index (χ0v) is 49.2. The van der Waals surface area contributed by atoms with Crippen LogP contribution in [0.2, 0.25) is 0 Å². The van der Waals surface area contributed by atoms with E-state index < -0.39 is 6.10 Å². The van der Waals surface area contributed by atoms with Crippen LogP contribution in [-0.2, 0) is 28.6 Å². The lowest BCUT2D eigenvalue weighted by atomic mass is 10.0. The van der Waals surface area contributed by atoms with Gasteiger partial charge in [-0.2, -0.15) is 0 Å². The van der Waals surface area contributed by atoms with Crippen molar-refractivity contribution in [2.45, 2.75) is 393 Å².